The first-order valence-corrected chi connectivity index (χ1v) is 6.73. The first kappa shape index (κ1) is 12.5. The second kappa shape index (κ2) is 4.35. The van der Waals surface area contributed by atoms with Crippen molar-refractivity contribution >= 4 is 10.0 Å². The number of nitrogens with zero attached hydrogens (tertiary/aromatic N) is 3. The van der Waals surface area contributed by atoms with E-state index < -0.39 is 22.2 Å². The molecule has 17 heavy (non-hydrogen) atoms. The van der Waals surface area contributed by atoms with Crippen molar-refractivity contribution in [2.24, 2.45) is 12.8 Å². The Hall–Kier alpha value is -0.990. The largest absolute Gasteiger partial charge is 0.325 e. The number of halogens is 1. The van der Waals surface area contributed by atoms with E-state index in [4.69, 9.17) is 5.73 Å². The number of piperidine rings is 1. The smallest absolute Gasteiger partial charge is 0.246 e. The summed E-state index contributed by atoms with van der Waals surface area (Å²) in [7, 11) is -2.02. The van der Waals surface area contributed by atoms with E-state index in [2.05, 4.69) is 5.10 Å². The summed E-state index contributed by atoms with van der Waals surface area (Å²) in [6, 6.07) is -0.574. The van der Waals surface area contributed by atoms with Gasteiger partial charge in [0.05, 0.1) is 6.20 Å². The summed E-state index contributed by atoms with van der Waals surface area (Å²) in [5.41, 5.74) is 5.51. The van der Waals surface area contributed by atoms with Crippen LogP contribution in [0.2, 0.25) is 0 Å². The fourth-order valence-corrected chi connectivity index (χ4v) is 3.24. The van der Waals surface area contributed by atoms with E-state index in [9.17, 15) is 12.8 Å². The lowest BCUT2D eigenvalue weighted by molar-refractivity contribution is 0.176. The van der Waals surface area contributed by atoms with E-state index in [0.717, 1.165) is 4.31 Å². The maximum absolute atomic E-state index is 13.4. The standard InChI is InChI=1S/C9H15FN4O2S/c1-13-5-7(4-12-13)17(15,16)14-3-2-9(11)8(10)6-14/h4-5,8-9H,2-3,6,11H2,1H3/t8-,9+/m1/s1. The van der Waals surface area contributed by atoms with Crippen LogP contribution in [0.4, 0.5) is 4.39 Å². The monoisotopic (exact) mass is 262 g/mol. The first-order chi connectivity index (χ1) is 7.91. The zero-order valence-corrected chi connectivity index (χ0v) is 10.3. The molecule has 1 fully saturated rings. The molecular weight excluding hydrogens is 247 g/mol. The fourth-order valence-electron chi connectivity index (χ4n) is 1.79. The summed E-state index contributed by atoms with van der Waals surface area (Å²) < 4.78 is 40.2. The van der Waals surface area contributed by atoms with Gasteiger partial charge in [0.1, 0.15) is 11.1 Å². The highest BCUT2D eigenvalue weighted by atomic mass is 32.2. The molecule has 0 radical (unpaired) electrons. The quantitative estimate of drug-likeness (QED) is 0.777. The van der Waals surface area contributed by atoms with E-state index in [-0.39, 0.29) is 18.0 Å². The second-order valence-electron chi connectivity index (χ2n) is 4.18. The van der Waals surface area contributed by atoms with Gasteiger partial charge < -0.3 is 5.73 Å². The molecule has 0 aromatic carbocycles. The van der Waals surface area contributed by atoms with Gasteiger partial charge in [0, 0.05) is 32.4 Å². The summed E-state index contributed by atoms with van der Waals surface area (Å²) >= 11 is 0. The van der Waals surface area contributed by atoms with Crippen LogP contribution < -0.4 is 5.73 Å². The number of nitrogens with two attached hydrogens (primary N) is 1. The molecule has 0 unspecified atom stereocenters. The molecule has 0 aliphatic carbocycles. The maximum atomic E-state index is 13.4. The van der Waals surface area contributed by atoms with Gasteiger partial charge in [0.25, 0.3) is 0 Å². The molecule has 6 nitrogen and oxygen atoms in total. The highest BCUT2D eigenvalue weighted by Crippen LogP contribution is 2.21. The lowest BCUT2D eigenvalue weighted by Crippen LogP contribution is -2.50. The third-order valence-corrected chi connectivity index (χ3v) is 4.69. The first-order valence-electron chi connectivity index (χ1n) is 5.29. The highest BCUT2D eigenvalue weighted by molar-refractivity contribution is 7.89. The van der Waals surface area contributed by atoms with Crippen LogP contribution in [0.5, 0.6) is 0 Å². The molecule has 2 heterocycles. The van der Waals surface area contributed by atoms with E-state index in [0.29, 0.717) is 6.42 Å². The minimum absolute atomic E-state index is 0.0858. The summed E-state index contributed by atoms with van der Waals surface area (Å²) in [6.07, 6.45) is 1.68. The molecule has 0 saturated carbocycles. The number of aromatic nitrogens is 2. The molecular formula is C9H15FN4O2S. The number of alkyl halides is 1. The Bertz CT molecular complexity index is 501. The molecule has 2 N–H and O–H groups in total. The van der Waals surface area contributed by atoms with Crippen LogP contribution in [-0.4, -0.2) is 47.8 Å². The molecule has 2 rings (SSSR count). The third kappa shape index (κ3) is 2.33. The van der Waals surface area contributed by atoms with Crippen LogP contribution in [-0.2, 0) is 17.1 Å². The molecule has 1 aliphatic heterocycles. The number of aryl methyl sites for hydroxylation is 1. The molecule has 96 valence electrons. The predicted octanol–water partition coefficient (Wildman–Crippen LogP) is -0.520. The number of hydrogen-bond donors (Lipinski definition) is 1. The average Bonchev–Trinajstić information content (AvgIpc) is 2.69. The Morgan fingerprint density at radius 3 is 2.82 bits per heavy atom. The van der Waals surface area contributed by atoms with Gasteiger partial charge in [0.2, 0.25) is 10.0 Å². The molecule has 1 aromatic heterocycles. The Labute approximate surface area is 99.2 Å². The Morgan fingerprint density at radius 1 is 1.59 bits per heavy atom. The van der Waals surface area contributed by atoms with Crippen molar-refractivity contribution in [1.82, 2.24) is 14.1 Å². The van der Waals surface area contributed by atoms with E-state index >= 15 is 0 Å². The molecule has 0 bridgehead atoms. The molecule has 0 spiro atoms. The van der Waals surface area contributed by atoms with Crippen molar-refractivity contribution in [3.05, 3.63) is 12.4 Å². The Balaban J connectivity index is 2.22. The number of hydrogen-bond acceptors (Lipinski definition) is 4. The fraction of sp³-hybridized carbons (Fsp3) is 0.667. The van der Waals surface area contributed by atoms with E-state index in [1.165, 1.54) is 17.1 Å². The molecule has 2 atom stereocenters. The van der Waals surface area contributed by atoms with Crippen molar-refractivity contribution in [1.29, 1.82) is 0 Å². The van der Waals surface area contributed by atoms with Gasteiger partial charge in [0.15, 0.2) is 0 Å². The van der Waals surface area contributed by atoms with Gasteiger partial charge in [-0.25, -0.2) is 12.8 Å². The van der Waals surface area contributed by atoms with Crippen molar-refractivity contribution < 1.29 is 12.8 Å². The minimum atomic E-state index is -3.64. The molecule has 1 aliphatic rings. The molecule has 8 heteroatoms. The lowest BCUT2D eigenvalue weighted by Gasteiger charge is -2.31. The SMILES string of the molecule is Cn1cc(S(=O)(=O)N2CC[C@H](N)[C@H](F)C2)cn1. The Morgan fingerprint density at radius 2 is 2.29 bits per heavy atom. The van der Waals surface area contributed by atoms with Crippen LogP contribution in [0, 0.1) is 0 Å². The van der Waals surface area contributed by atoms with Gasteiger partial charge >= 0.3 is 0 Å². The number of rotatable bonds is 2. The van der Waals surface area contributed by atoms with Gasteiger partial charge in [-0.2, -0.15) is 9.40 Å². The third-order valence-electron chi connectivity index (χ3n) is 2.87. The zero-order valence-electron chi connectivity index (χ0n) is 9.45. The normalized spacial score (nSPS) is 27.2. The predicted molar refractivity (Wildman–Crippen MR) is 59.5 cm³/mol. The summed E-state index contributed by atoms with van der Waals surface area (Å²) in [4.78, 5) is 0.0858. The van der Waals surface area contributed by atoms with Gasteiger partial charge in [-0.15, -0.1) is 0 Å². The highest BCUT2D eigenvalue weighted by Gasteiger charge is 2.34. The van der Waals surface area contributed by atoms with E-state index in [1.807, 2.05) is 0 Å². The molecule has 1 saturated heterocycles. The lowest BCUT2D eigenvalue weighted by atomic mass is 10.1. The van der Waals surface area contributed by atoms with Crippen LogP contribution in [0.15, 0.2) is 17.3 Å². The van der Waals surface area contributed by atoms with Crippen LogP contribution in [0.25, 0.3) is 0 Å². The van der Waals surface area contributed by atoms with Crippen LogP contribution >= 0.6 is 0 Å². The second-order valence-corrected chi connectivity index (χ2v) is 6.12. The molecule has 0 amide bonds. The molecule has 1 aromatic rings. The summed E-state index contributed by atoms with van der Waals surface area (Å²) in [5.74, 6) is 0. The van der Waals surface area contributed by atoms with Gasteiger partial charge in [-0.1, -0.05) is 0 Å². The zero-order chi connectivity index (χ0) is 12.6. The van der Waals surface area contributed by atoms with Crippen LogP contribution in [0.3, 0.4) is 0 Å². The Kier molecular flexibility index (Phi) is 3.19. The van der Waals surface area contributed by atoms with Gasteiger partial charge in [-0.05, 0) is 6.42 Å². The average molecular weight is 262 g/mol. The van der Waals surface area contributed by atoms with E-state index in [1.54, 1.807) is 7.05 Å². The van der Waals surface area contributed by atoms with Crippen LogP contribution in [0.1, 0.15) is 6.42 Å². The van der Waals surface area contributed by atoms with Crippen molar-refractivity contribution in [2.45, 2.75) is 23.5 Å². The van der Waals surface area contributed by atoms with Crippen molar-refractivity contribution in [3.8, 4) is 0 Å². The number of sulfonamides is 1. The van der Waals surface area contributed by atoms with Crippen molar-refractivity contribution in [3.63, 3.8) is 0 Å². The minimum Gasteiger partial charge on any atom is -0.325 e. The van der Waals surface area contributed by atoms with Crippen molar-refractivity contribution in [2.75, 3.05) is 13.1 Å². The topological polar surface area (TPSA) is 81.2 Å². The summed E-state index contributed by atoms with van der Waals surface area (Å²) in [6.45, 7) is 0.0667. The van der Waals surface area contributed by atoms with Gasteiger partial charge in [-0.3, -0.25) is 4.68 Å². The maximum Gasteiger partial charge on any atom is 0.246 e. The summed E-state index contributed by atoms with van der Waals surface area (Å²) in [5, 5.41) is 3.80.